The van der Waals surface area contributed by atoms with Crippen LogP contribution >= 0.6 is 0 Å². The predicted octanol–water partition coefficient (Wildman–Crippen LogP) is 2.68. The Morgan fingerprint density at radius 1 is 0.906 bits per heavy atom. The lowest BCUT2D eigenvalue weighted by molar-refractivity contribution is -0.192. The first-order valence-electron chi connectivity index (χ1n) is 11.4. The monoisotopic (exact) mass is 436 g/mol. The van der Waals surface area contributed by atoms with Crippen LogP contribution in [-0.4, -0.2) is 67.1 Å². The summed E-state index contributed by atoms with van der Waals surface area (Å²) in [4.78, 5) is 33.7. The van der Waals surface area contributed by atoms with Gasteiger partial charge in [0.05, 0.1) is 0 Å². The van der Waals surface area contributed by atoms with E-state index in [1.807, 2.05) is 24.3 Å². The Labute approximate surface area is 189 Å². The molecule has 0 saturated carbocycles. The van der Waals surface area contributed by atoms with Gasteiger partial charge >= 0.3 is 5.97 Å². The number of amides is 1. The average molecular weight is 437 g/mol. The summed E-state index contributed by atoms with van der Waals surface area (Å²) >= 11 is 0. The van der Waals surface area contributed by atoms with Gasteiger partial charge in [-0.2, -0.15) is 0 Å². The Balaban J connectivity index is 1.23. The minimum atomic E-state index is -0.301. The lowest BCUT2D eigenvalue weighted by atomic mass is 10.1. The Morgan fingerprint density at radius 2 is 1.56 bits per heavy atom. The van der Waals surface area contributed by atoms with E-state index in [2.05, 4.69) is 45.4 Å². The van der Waals surface area contributed by atoms with Crippen molar-refractivity contribution in [2.75, 3.05) is 44.2 Å². The number of hydroxylamine groups is 2. The number of carbonyl (C=O) groups is 2. The molecule has 1 N–H and O–H groups in total. The number of piperazine rings is 1. The maximum absolute atomic E-state index is 12.6. The quantitative estimate of drug-likeness (QED) is 0.751. The van der Waals surface area contributed by atoms with Crippen LogP contribution < -0.4 is 10.2 Å². The third-order valence-electron chi connectivity index (χ3n) is 6.16. The highest BCUT2D eigenvalue weighted by molar-refractivity contribution is 5.94. The molecule has 4 rings (SSSR count). The molecule has 0 spiro atoms. The molecule has 7 nitrogen and oxygen atoms in total. The summed E-state index contributed by atoms with van der Waals surface area (Å²) in [5, 5.41) is 4.78. The zero-order chi connectivity index (χ0) is 22.3. The normalized spacial score (nSPS) is 18.3. The standard InChI is InChI=1S/C25H32N4O3/c1-20(30)32-29-13-11-23(12-14-29)26-25(31)22-7-9-24(10-8-22)28-17-15-27(16-18-28)19-21-5-3-2-4-6-21/h2-10,23H,11-19H2,1H3,(H,26,31). The van der Waals surface area contributed by atoms with Crippen LogP contribution in [0.4, 0.5) is 5.69 Å². The molecule has 7 heteroatoms. The molecular weight excluding hydrogens is 404 g/mol. The summed E-state index contributed by atoms with van der Waals surface area (Å²) in [5.41, 5.74) is 3.20. The number of benzene rings is 2. The van der Waals surface area contributed by atoms with E-state index < -0.39 is 0 Å². The molecule has 2 saturated heterocycles. The molecule has 0 aromatic heterocycles. The van der Waals surface area contributed by atoms with Crippen LogP contribution in [0.15, 0.2) is 54.6 Å². The van der Waals surface area contributed by atoms with Crippen molar-refractivity contribution < 1.29 is 14.4 Å². The number of anilines is 1. The molecule has 170 valence electrons. The molecule has 2 aliphatic heterocycles. The van der Waals surface area contributed by atoms with Crippen molar-refractivity contribution in [2.24, 2.45) is 0 Å². The van der Waals surface area contributed by atoms with Crippen LogP contribution in [0.1, 0.15) is 35.7 Å². The number of hydrogen-bond donors (Lipinski definition) is 1. The molecule has 2 heterocycles. The lowest BCUT2D eigenvalue weighted by Crippen LogP contribution is -2.46. The van der Waals surface area contributed by atoms with Gasteiger partial charge in [0, 0.05) is 70.0 Å². The van der Waals surface area contributed by atoms with E-state index in [1.54, 1.807) is 5.06 Å². The molecular formula is C25H32N4O3. The maximum Gasteiger partial charge on any atom is 0.322 e. The van der Waals surface area contributed by atoms with Crippen molar-refractivity contribution in [2.45, 2.75) is 32.4 Å². The van der Waals surface area contributed by atoms with E-state index in [9.17, 15) is 9.59 Å². The van der Waals surface area contributed by atoms with E-state index in [1.165, 1.54) is 12.5 Å². The number of carbonyl (C=O) groups excluding carboxylic acids is 2. The molecule has 2 aliphatic rings. The van der Waals surface area contributed by atoms with Crippen LogP contribution in [0, 0.1) is 0 Å². The highest BCUT2D eigenvalue weighted by Gasteiger charge is 2.23. The van der Waals surface area contributed by atoms with Gasteiger partial charge in [0.15, 0.2) is 0 Å². The van der Waals surface area contributed by atoms with Gasteiger partial charge in [-0.1, -0.05) is 30.3 Å². The van der Waals surface area contributed by atoms with Crippen molar-refractivity contribution >= 4 is 17.6 Å². The Bertz CT molecular complexity index is 887. The number of hydrogen-bond acceptors (Lipinski definition) is 6. The average Bonchev–Trinajstić information content (AvgIpc) is 2.81. The summed E-state index contributed by atoms with van der Waals surface area (Å²) < 4.78 is 0. The molecule has 0 bridgehead atoms. The van der Waals surface area contributed by atoms with Gasteiger partial charge < -0.3 is 15.1 Å². The molecule has 0 radical (unpaired) electrons. The first kappa shape index (κ1) is 22.3. The van der Waals surface area contributed by atoms with E-state index in [4.69, 9.17) is 4.84 Å². The van der Waals surface area contributed by atoms with Gasteiger partial charge in [0.1, 0.15) is 0 Å². The van der Waals surface area contributed by atoms with Crippen LogP contribution in [0.3, 0.4) is 0 Å². The highest BCUT2D eigenvalue weighted by Crippen LogP contribution is 2.19. The fraction of sp³-hybridized carbons (Fsp3) is 0.440. The van der Waals surface area contributed by atoms with Crippen molar-refractivity contribution in [1.82, 2.24) is 15.3 Å². The second-order valence-electron chi connectivity index (χ2n) is 8.56. The van der Waals surface area contributed by atoms with E-state index in [0.717, 1.165) is 51.3 Å². The number of nitrogens with zero attached hydrogens (tertiary/aromatic N) is 3. The Morgan fingerprint density at radius 3 is 2.19 bits per heavy atom. The van der Waals surface area contributed by atoms with E-state index >= 15 is 0 Å². The first-order chi connectivity index (χ1) is 15.6. The van der Waals surface area contributed by atoms with E-state index in [-0.39, 0.29) is 17.9 Å². The van der Waals surface area contributed by atoms with Gasteiger partial charge in [-0.3, -0.25) is 14.5 Å². The zero-order valence-corrected chi connectivity index (χ0v) is 18.7. The van der Waals surface area contributed by atoms with Crippen LogP contribution in [0.2, 0.25) is 0 Å². The van der Waals surface area contributed by atoms with Crippen molar-refractivity contribution in [3.8, 4) is 0 Å². The number of piperidine rings is 1. The minimum Gasteiger partial charge on any atom is -0.369 e. The molecule has 2 aromatic rings. The smallest absolute Gasteiger partial charge is 0.322 e. The summed E-state index contributed by atoms with van der Waals surface area (Å²) in [6, 6.07) is 18.6. The second-order valence-corrected chi connectivity index (χ2v) is 8.56. The van der Waals surface area contributed by atoms with Crippen molar-refractivity contribution in [3.05, 3.63) is 65.7 Å². The highest BCUT2D eigenvalue weighted by atomic mass is 16.7. The Kier molecular flexibility index (Phi) is 7.39. The third-order valence-corrected chi connectivity index (χ3v) is 6.16. The van der Waals surface area contributed by atoms with Crippen LogP contribution in [0.25, 0.3) is 0 Å². The van der Waals surface area contributed by atoms with Crippen LogP contribution in [-0.2, 0) is 16.2 Å². The van der Waals surface area contributed by atoms with Crippen molar-refractivity contribution in [3.63, 3.8) is 0 Å². The number of rotatable bonds is 6. The first-order valence-corrected chi connectivity index (χ1v) is 11.4. The molecule has 32 heavy (non-hydrogen) atoms. The summed E-state index contributed by atoms with van der Waals surface area (Å²) in [6.07, 6.45) is 1.54. The minimum absolute atomic E-state index is 0.0461. The van der Waals surface area contributed by atoms with Gasteiger partial charge in [-0.25, -0.2) is 0 Å². The van der Waals surface area contributed by atoms with Gasteiger partial charge in [0.25, 0.3) is 5.91 Å². The Hall–Kier alpha value is -2.90. The SMILES string of the molecule is CC(=O)ON1CCC(NC(=O)c2ccc(N3CCN(Cc4ccccc4)CC3)cc2)CC1. The van der Waals surface area contributed by atoms with E-state index in [0.29, 0.717) is 18.7 Å². The molecule has 1 amide bonds. The van der Waals surface area contributed by atoms with Gasteiger partial charge in [0.2, 0.25) is 0 Å². The van der Waals surface area contributed by atoms with Gasteiger partial charge in [-0.05, 0) is 42.7 Å². The zero-order valence-electron chi connectivity index (χ0n) is 18.7. The third kappa shape index (κ3) is 6.08. The lowest BCUT2D eigenvalue weighted by Gasteiger charge is -2.36. The predicted molar refractivity (Wildman–Crippen MR) is 124 cm³/mol. The van der Waals surface area contributed by atoms with Crippen molar-refractivity contribution in [1.29, 1.82) is 0 Å². The second kappa shape index (κ2) is 10.6. The molecule has 0 unspecified atom stereocenters. The fourth-order valence-electron chi connectivity index (χ4n) is 4.37. The molecule has 2 aromatic carbocycles. The maximum atomic E-state index is 12.6. The van der Waals surface area contributed by atoms with Crippen LogP contribution in [0.5, 0.6) is 0 Å². The fourth-order valence-corrected chi connectivity index (χ4v) is 4.37. The molecule has 2 fully saturated rings. The summed E-state index contributed by atoms with van der Waals surface area (Å²) in [6.45, 7) is 7.71. The summed E-state index contributed by atoms with van der Waals surface area (Å²) in [5.74, 6) is -0.347. The number of nitrogens with one attached hydrogen (secondary N) is 1. The largest absolute Gasteiger partial charge is 0.369 e. The summed E-state index contributed by atoms with van der Waals surface area (Å²) in [7, 11) is 0. The van der Waals surface area contributed by atoms with Gasteiger partial charge in [-0.15, -0.1) is 5.06 Å². The topological polar surface area (TPSA) is 65.1 Å². The molecule has 0 atom stereocenters. The molecule has 0 aliphatic carbocycles.